The summed E-state index contributed by atoms with van der Waals surface area (Å²) in [6.45, 7) is 1.63. The van der Waals surface area contributed by atoms with E-state index in [1.807, 2.05) is 0 Å². The van der Waals surface area contributed by atoms with Crippen LogP contribution in [0.1, 0.15) is 19.3 Å². The van der Waals surface area contributed by atoms with Gasteiger partial charge in [-0.3, -0.25) is 4.79 Å². The van der Waals surface area contributed by atoms with Gasteiger partial charge in [-0.1, -0.05) is 0 Å². The summed E-state index contributed by atoms with van der Waals surface area (Å²) < 4.78 is 6.59. The number of quaternary nitrogens is 1. The Balaban J connectivity index is 2.24. The summed E-state index contributed by atoms with van der Waals surface area (Å²) in [6, 6.07) is 0.602. The maximum atomic E-state index is 11.6. The number of rotatable bonds is 1. The molecule has 0 radical (unpaired) electrons. The van der Waals surface area contributed by atoms with E-state index in [0.717, 1.165) is 37.0 Å². The fourth-order valence-electron chi connectivity index (χ4n) is 3.39. The molecule has 15 heavy (non-hydrogen) atoms. The highest BCUT2D eigenvalue weighted by Crippen LogP contribution is 2.35. The third kappa shape index (κ3) is 2.23. The van der Waals surface area contributed by atoms with E-state index >= 15 is 0 Å². The van der Waals surface area contributed by atoms with Crippen molar-refractivity contribution in [3.63, 3.8) is 0 Å². The molecular weight excluding hydrogens is 190 g/mol. The predicted molar refractivity (Wildman–Crippen MR) is 58.5 cm³/mol. The van der Waals surface area contributed by atoms with E-state index in [4.69, 9.17) is 4.74 Å². The quantitative estimate of drug-likeness (QED) is 0.608. The number of Topliss-reactive ketones (excluding diaryl/α,β-unsaturated/α-hetero) is 1. The van der Waals surface area contributed by atoms with Gasteiger partial charge in [0.25, 0.3) is 0 Å². The van der Waals surface area contributed by atoms with Crippen molar-refractivity contribution < 1.29 is 14.0 Å². The van der Waals surface area contributed by atoms with Crippen molar-refractivity contribution in [2.45, 2.75) is 25.3 Å². The smallest absolute Gasteiger partial charge is 0.133 e. The molecule has 2 fully saturated rings. The normalized spacial score (nSPS) is 37.5. The molecule has 0 aromatic rings. The number of ketones is 1. The minimum atomic E-state index is 0.437. The third-order valence-electron chi connectivity index (χ3n) is 3.81. The van der Waals surface area contributed by atoms with E-state index in [1.165, 1.54) is 0 Å². The molecule has 1 heterocycles. The molecule has 3 atom stereocenters. The van der Waals surface area contributed by atoms with Crippen LogP contribution in [0.25, 0.3) is 0 Å². The number of nitrogens with zero attached hydrogens (tertiary/aromatic N) is 1. The molecule has 0 aromatic carbocycles. The lowest BCUT2D eigenvalue weighted by molar-refractivity contribution is -0.905. The van der Waals surface area contributed by atoms with E-state index < -0.39 is 0 Å². The first-order valence-electron chi connectivity index (χ1n) is 5.89. The number of fused-ring (bicyclic) bond motifs is 2. The molecule has 2 bridgehead atoms. The first kappa shape index (κ1) is 11.1. The molecule has 1 aliphatic heterocycles. The van der Waals surface area contributed by atoms with E-state index in [-0.39, 0.29) is 0 Å². The van der Waals surface area contributed by atoms with Crippen LogP contribution in [0.2, 0.25) is 0 Å². The van der Waals surface area contributed by atoms with Crippen molar-refractivity contribution in [1.29, 1.82) is 0 Å². The highest BCUT2D eigenvalue weighted by atomic mass is 16.5. The SMILES string of the molecule is C[N+](C)(C)C1C2CCC(=O)CC1COC2. The Morgan fingerprint density at radius 3 is 2.53 bits per heavy atom. The number of carbonyl (C=O) groups is 1. The minimum Gasteiger partial charge on any atom is -0.380 e. The highest BCUT2D eigenvalue weighted by molar-refractivity contribution is 5.79. The summed E-state index contributed by atoms with van der Waals surface area (Å²) in [5, 5.41) is 0. The third-order valence-corrected chi connectivity index (χ3v) is 3.81. The van der Waals surface area contributed by atoms with Crippen molar-refractivity contribution >= 4 is 5.78 Å². The molecule has 0 N–H and O–H groups in total. The maximum Gasteiger partial charge on any atom is 0.133 e. The Hall–Kier alpha value is -0.410. The fraction of sp³-hybridized carbons (Fsp3) is 0.917. The van der Waals surface area contributed by atoms with Crippen molar-refractivity contribution in [3.05, 3.63) is 0 Å². The van der Waals surface area contributed by atoms with E-state index in [2.05, 4.69) is 21.1 Å². The first-order valence-corrected chi connectivity index (χ1v) is 5.89. The second-order valence-corrected chi connectivity index (χ2v) is 5.95. The summed E-state index contributed by atoms with van der Waals surface area (Å²) in [4.78, 5) is 11.6. The molecule has 3 unspecified atom stereocenters. The Labute approximate surface area is 92.0 Å². The van der Waals surface area contributed by atoms with Crippen LogP contribution in [0, 0.1) is 11.8 Å². The zero-order chi connectivity index (χ0) is 11.1. The zero-order valence-corrected chi connectivity index (χ0v) is 10.0. The van der Waals surface area contributed by atoms with Gasteiger partial charge in [-0.15, -0.1) is 0 Å². The Bertz CT molecular complexity index is 257. The van der Waals surface area contributed by atoms with Gasteiger partial charge in [-0.2, -0.15) is 0 Å². The molecule has 2 rings (SSSR count). The molecule has 1 aliphatic carbocycles. The Morgan fingerprint density at radius 2 is 1.87 bits per heavy atom. The second-order valence-electron chi connectivity index (χ2n) is 5.95. The van der Waals surface area contributed by atoms with Crippen molar-refractivity contribution in [3.8, 4) is 0 Å². The molecule has 0 amide bonds. The monoisotopic (exact) mass is 212 g/mol. The molecule has 1 saturated heterocycles. The first-order chi connectivity index (χ1) is 6.98. The van der Waals surface area contributed by atoms with Gasteiger partial charge in [0.15, 0.2) is 0 Å². The van der Waals surface area contributed by atoms with Crippen LogP contribution in [0.3, 0.4) is 0 Å². The molecule has 1 saturated carbocycles. The number of hydrogen-bond donors (Lipinski definition) is 0. The highest BCUT2D eigenvalue weighted by Gasteiger charge is 2.45. The Morgan fingerprint density at radius 1 is 1.20 bits per heavy atom. The summed E-state index contributed by atoms with van der Waals surface area (Å²) in [5.41, 5.74) is 0. The standard InChI is InChI=1S/C12H22NO2/c1-13(2,3)12-9-4-5-11(14)6-10(12)8-15-7-9/h9-10,12H,4-8H2,1-3H3/q+1. The van der Waals surface area contributed by atoms with Crippen LogP contribution in [0.15, 0.2) is 0 Å². The molecule has 0 spiro atoms. The van der Waals surface area contributed by atoms with Gasteiger partial charge in [0, 0.05) is 24.7 Å². The van der Waals surface area contributed by atoms with Gasteiger partial charge in [-0.25, -0.2) is 0 Å². The van der Waals surface area contributed by atoms with Gasteiger partial charge in [0.2, 0.25) is 0 Å². The van der Waals surface area contributed by atoms with E-state index in [9.17, 15) is 4.79 Å². The minimum absolute atomic E-state index is 0.437. The number of hydrogen-bond acceptors (Lipinski definition) is 2. The van der Waals surface area contributed by atoms with E-state index in [1.54, 1.807) is 0 Å². The average Bonchev–Trinajstić information content (AvgIpc) is 2.21. The lowest BCUT2D eigenvalue weighted by Crippen LogP contribution is -2.57. The van der Waals surface area contributed by atoms with Crippen molar-refractivity contribution in [1.82, 2.24) is 0 Å². The average molecular weight is 212 g/mol. The summed E-state index contributed by atoms with van der Waals surface area (Å²) in [6.07, 6.45) is 2.52. The van der Waals surface area contributed by atoms with Crippen LogP contribution >= 0.6 is 0 Å². The van der Waals surface area contributed by atoms with Crippen molar-refractivity contribution in [2.24, 2.45) is 11.8 Å². The van der Waals surface area contributed by atoms with Gasteiger partial charge in [-0.05, 0) is 6.42 Å². The Kier molecular flexibility index (Phi) is 2.86. The molecule has 86 valence electrons. The lowest BCUT2D eigenvalue weighted by Gasteiger charge is -2.44. The van der Waals surface area contributed by atoms with E-state index in [0.29, 0.717) is 23.7 Å². The molecule has 3 nitrogen and oxygen atoms in total. The predicted octanol–water partition coefficient (Wildman–Crippen LogP) is 1.08. The van der Waals surface area contributed by atoms with Crippen LogP contribution < -0.4 is 0 Å². The van der Waals surface area contributed by atoms with Crippen LogP contribution in [-0.4, -0.2) is 50.7 Å². The van der Waals surface area contributed by atoms with Gasteiger partial charge in [0.1, 0.15) is 5.78 Å². The lowest BCUT2D eigenvalue weighted by atomic mass is 9.84. The molecular formula is C12H22NO2+. The van der Waals surface area contributed by atoms with Crippen LogP contribution in [-0.2, 0) is 9.53 Å². The molecule has 0 aromatic heterocycles. The largest absolute Gasteiger partial charge is 0.380 e. The van der Waals surface area contributed by atoms with Gasteiger partial charge < -0.3 is 9.22 Å². The molecule has 2 aliphatic rings. The zero-order valence-electron chi connectivity index (χ0n) is 10.0. The van der Waals surface area contributed by atoms with Crippen LogP contribution in [0.5, 0.6) is 0 Å². The second kappa shape index (κ2) is 3.87. The van der Waals surface area contributed by atoms with Crippen molar-refractivity contribution in [2.75, 3.05) is 34.4 Å². The topological polar surface area (TPSA) is 26.3 Å². The number of carbonyl (C=O) groups excluding carboxylic acids is 1. The summed E-state index contributed by atoms with van der Waals surface area (Å²) in [5.74, 6) is 1.46. The number of ether oxygens (including phenoxy) is 1. The molecule has 3 heteroatoms. The fourth-order valence-corrected chi connectivity index (χ4v) is 3.39. The summed E-state index contributed by atoms with van der Waals surface area (Å²) in [7, 11) is 6.73. The van der Waals surface area contributed by atoms with Gasteiger partial charge >= 0.3 is 0 Å². The maximum absolute atomic E-state index is 11.6. The van der Waals surface area contributed by atoms with Gasteiger partial charge in [0.05, 0.1) is 40.4 Å². The van der Waals surface area contributed by atoms with Crippen LogP contribution in [0.4, 0.5) is 0 Å². The summed E-state index contributed by atoms with van der Waals surface area (Å²) >= 11 is 0.